The van der Waals surface area contributed by atoms with E-state index in [-0.39, 0.29) is 5.96 Å². The molecule has 0 saturated heterocycles. The molecular formula is C14H15ClN5+. The molecule has 5 nitrogen and oxygen atoms in total. The lowest BCUT2D eigenvalue weighted by Crippen LogP contribution is -2.37. The van der Waals surface area contributed by atoms with Crippen molar-refractivity contribution >= 4 is 23.3 Å². The van der Waals surface area contributed by atoms with Crippen LogP contribution in [0.4, 0.5) is 0 Å². The second kappa shape index (κ2) is 6.68. The summed E-state index contributed by atoms with van der Waals surface area (Å²) in [6.07, 6.45) is 3.89. The van der Waals surface area contributed by atoms with Crippen molar-refractivity contribution in [2.45, 2.75) is 6.54 Å². The highest BCUT2D eigenvalue weighted by Gasteiger charge is 2.10. The largest absolute Gasteiger partial charge is 0.369 e. The standard InChI is InChI=1S/C14H15ClN5/c15-12-6-4-11(5-7-12)13(18-19-14(16)17)10-20-8-2-1-3-9-20/h1-9H,10H2,(H4,16,17,19)/q+1/b18-13+. The van der Waals surface area contributed by atoms with Crippen molar-refractivity contribution in [2.24, 2.45) is 21.7 Å². The van der Waals surface area contributed by atoms with Gasteiger partial charge in [-0.3, -0.25) is 0 Å². The summed E-state index contributed by atoms with van der Waals surface area (Å²) >= 11 is 5.89. The minimum atomic E-state index is -0.0745. The van der Waals surface area contributed by atoms with Gasteiger partial charge in [0.1, 0.15) is 5.71 Å². The van der Waals surface area contributed by atoms with Crippen LogP contribution >= 0.6 is 11.6 Å². The van der Waals surface area contributed by atoms with Crippen molar-refractivity contribution in [3.63, 3.8) is 0 Å². The Balaban J connectivity index is 2.32. The number of rotatable bonds is 4. The minimum Gasteiger partial charge on any atom is -0.369 e. The first-order chi connectivity index (χ1) is 9.65. The lowest BCUT2D eigenvalue weighted by Gasteiger charge is -2.02. The highest BCUT2D eigenvalue weighted by Crippen LogP contribution is 2.10. The highest BCUT2D eigenvalue weighted by atomic mass is 35.5. The maximum absolute atomic E-state index is 5.89. The number of hydrogen-bond donors (Lipinski definition) is 2. The second-order valence-corrected chi connectivity index (χ2v) is 4.56. The zero-order valence-electron chi connectivity index (χ0n) is 10.8. The average molecular weight is 289 g/mol. The van der Waals surface area contributed by atoms with Crippen molar-refractivity contribution in [3.05, 3.63) is 65.4 Å². The van der Waals surface area contributed by atoms with Crippen LogP contribution in [0.15, 0.2) is 65.1 Å². The van der Waals surface area contributed by atoms with Gasteiger partial charge in [-0.15, -0.1) is 10.2 Å². The van der Waals surface area contributed by atoms with E-state index in [1.54, 1.807) is 12.1 Å². The van der Waals surface area contributed by atoms with Crippen LogP contribution in [0.25, 0.3) is 0 Å². The number of hydrogen-bond acceptors (Lipinski definition) is 2. The van der Waals surface area contributed by atoms with E-state index in [1.807, 2.05) is 47.3 Å². The number of benzene rings is 1. The smallest absolute Gasteiger partial charge is 0.211 e. The third-order valence-electron chi connectivity index (χ3n) is 2.57. The third-order valence-corrected chi connectivity index (χ3v) is 2.83. The van der Waals surface area contributed by atoms with Crippen molar-refractivity contribution in [1.82, 2.24) is 0 Å². The van der Waals surface area contributed by atoms with E-state index in [0.717, 1.165) is 11.3 Å². The Labute approximate surface area is 122 Å². The van der Waals surface area contributed by atoms with Crippen LogP contribution in [0.1, 0.15) is 5.56 Å². The van der Waals surface area contributed by atoms with Crippen LogP contribution in [-0.2, 0) is 6.54 Å². The Morgan fingerprint density at radius 2 is 1.65 bits per heavy atom. The summed E-state index contributed by atoms with van der Waals surface area (Å²) in [5.41, 5.74) is 12.3. The Hall–Kier alpha value is -2.40. The van der Waals surface area contributed by atoms with Gasteiger partial charge in [0, 0.05) is 22.7 Å². The van der Waals surface area contributed by atoms with E-state index in [4.69, 9.17) is 23.1 Å². The molecule has 1 aromatic carbocycles. The van der Waals surface area contributed by atoms with Gasteiger partial charge < -0.3 is 11.5 Å². The SMILES string of the molecule is NC(N)=N/N=C(\C[n+]1ccccc1)c1ccc(Cl)cc1. The van der Waals surface area contributed by atoms with Gasteiger partial charge in [-0.2, -0.15) is 4.57 Å². The van der Waals surface area contributed by atoms with E-state index in [2.05, 4.69) is 10.2 Å². The summed E-state index contributed by atoms with van der Waals surface area (Å²) in [7, 11) is 0. The number of nitrogens with zero attached hydrogens (tertiary/aromatic N) is 3. The molecule has 0 unspecified atom stereocenters. The summed E-state index contributed by atoms with van der Waals surface area (Å²) in [6.45, 7) is 0.555. The van der Waals surface area contributed by atoms with Gasteiger partial charge in [0.15, 0.2) is 18.9 Å². The van der Waals surface area contributed by atoms with Crippen LogP contribution < -0.4 is 16.0 Å². The maximum atomic E-state index is 5.89. The average Bonchev–Trinajstić information content (AvgIpc) is 2.45. The first-order valence-electron chi connectivity index (χ1n) is 6.00. The van der Waals surface area contributed by atoms with Gasteiger partial charge in [-0.05, 0) is 12.1 Å². The fraction of sp³-hybridized carbons (Fsp3) is 0.0714. The molecule has 0 radical (unpaired) electrons. The van der Waals surface area contributed by atoms with Crippen molar-refractivity contribution in [3.8, 4) is 0 Å². The molecule has 0 amide bonds. The molecule has 4 N–H and O–H groups in total. The Bertz CT molecular complexity index is 616. The summed E-state index contributed by atoms with van der Waals surface area (Å²) in [6, 6.07) is 13.2. The number of aromatic nitrogens is 1. The minimum absolute atomic E-state index is 0.0745. The van der Waals surface area contributed by atoms with Crippen LogP contribution in [0.3, 0.4) is 0 Å². The van der Waals surface area contributed by atoms with Gasteiger partial charge in [0.25, 0.3) is 0 Å². The number of halogens is 1. The van der Waals surface area contributed by atoms with Gasteiger partial charge in [-0.1, -0.05) is 29.8 Å². The van der Waals surface area contributed by atoms with E-state index in [1.165, 1.54) is 0 Å². The topological polar surface area (TPSA) is 80.6 Å². The predicted molar refractivity (Wildman–Crippen MR) is 80.4 cm³/mol. The number of pyridine rings is 1. The van der Waals surface area contributed by atoms with E-state index in [0.29, 0.717) is 11.6 Å². The zero-order chi connectivity index (χ0) is 14.4. The predicted octanol–water partition coefficient (Wildman–Crippen LogP) is 1.31. The van der Waals surface area contributed by atoms with Gasteiger partial charge in [-0.25, -0.2) is 0 Å². The maximum Gasteiger partial charge on any atom is 0.211 e. The lowest BCUT2D eigenvalue weighted by molar-refractivity contribution is -0.681. The molecule has 0 aliphatic heterocycles. The fourth-order valence-electron chi connectivity index (χ4n) is 1.65. The lowest BCUT2D eigenvalue weighted by atomic mass is 10.1. The van der Waals surface area contributed by atoms with Crippen LogP contribution in [0.5, 0.6) is 0 Å². The molecule has 0 aliphatic rings. The summed E-state index contributed by atoms with van der Waals surface area (Å²) in [5, 5.41) is 8.51. The van der Waals surface area contributed by atoms with Gasteiger partial charge >= 0.3 is 0 Å². The molecule has 0 bridgehead atoms. The van der Waals surface area contributed by atoms with E-state index in [9.17, 15) is 0 Å². The Kier molecular flexibility index (Phi) is 4.68. The molecule has 20 heavy (non-hydrogen) atoms. The first-order valence-corrected chi connectivity index (χ1v) is 6.38. The van der Waals surface area contributed by atoms with E-state index < -0.39 is 0 Å². The quantitative estimate of drug-likeness (QED) is 0.385. The molecule has 2 rings (SSSR count). The van der Waals surface area contributed by atoms with Crippen LogP contribution in [0.2, 0.25) is 5.02 Å². The molecule has 2 aromatic rings. The second-order valence-electron chi connectivity index (χ2n) is 4.13. The molecule has 0 atom stereocenters. The Morgan fingerprint density at radius 1 is 1.00 bits per heavy atom. The van der Waals surface area contributed by atoms with Gasteiger partial charge in [0.2, 0.25) is 5.96 Å². The first kappa shape index (κ1) is 14.0. The monoisotopic (exact) mass is 288 g/mol. The van der Waals surface area contributed by atoms with E-state index >= 15 is 0 Å². The Morgan fingerprint density at radius 3 is 2.25 bits per heavy atom. The molecule has 6 heteroatoms. The summed E-state index contributed by atoms with van der Waals surface area (Å²) in [5.74, 6) is -0.0745. The molecule has 0 fully saturated rings. The molecule has 0 spiro atoms. The molecule has 0 saturated carbocycles. The van der Waals surface area contributed by atoms with Crippen LogP contribution in [-0.4, -0.2) is 11.7 Å². The molecule has 102 valence electrons. The highest BCUT2D eigenvalue weighted by molar-refractivity contribution is 6.30. The zero-order valence-corrected chi connectivity index (χ0v) is 11.5. The van der Waals surface area contributed by atoms with Crippen molar-refractivity contribution in [1.29, 1.82) is 0 Å². The number of guanidine groups is 1. The number of nitrogens with two attached hydrogens (primary N) is 2. The molecule has 1 aromatic heterocycles. The molecule has 1 heterocycles. The van der Waals surface area contributed by atoms with Crippen molar-refractivity contribution < 1.29 is 4.57 Å². The molecular weight excluding hydrogens is 274 g/mol. The third kappa shape index (κ3) is 4.07. The van der Waals surface area contributed by atoms with Gasteiger partial charge in [0.05, 0.1) is 0 Å². The molecule has 0 aliphatic carbocycles. The van der Waals surface area contributed by atoms with Crippen molar-refractivity contribution in [2.75, 3.05) is 0 Å². The fourth-order valence-corrected chi connectivity index (χ4v) is 1.78. The van der Waals surface area contributed by atoms with Crippen LogP contribution in [0, 0.1) is 0 Å². The summed E-state index contributed by atoms with van der Waals surface area (Å²) < 4.78 is 1.98. The normalized spacial score (nSPS) is 11.2. The summed E-state index contributed by atoms with van der Waals surface area (Å²) in [4.78, 5) is 0.